The van der Waals surface area contributed by atoms with E-state index in [1.807, 2.05) is 109 Å². The zero-order valence-corrected chi connectivity index (χ0v) is 63.6. The monoisotopic (exact) mass is 1680 g/mol. The molecule has 18 nitrogen and oxygen atoms in total. The zero-order valence-electron chi connectivity index (χ0n) is 61.4. The number of aromatic nitrogens is 6. The average molecular weight is 1680 g/mol. The summed E-state index contributed by atoms with van der Waals surface area (Å²) in [5, 5.41) is 24.7. The fourth-order valence-electron chi connectivity index (χ4n) is 15.5. The minimum atomic E-state index is -2.70. The highest BCUT2D eigenvalue weighted by molar-refractivity contribution is 14.1. The molecule has 0 bridgehead atoms. The fraction of sp³-hybridized carbons (Fsp3) is 0.276. The van der Waals surface area contributed by atoms with Gasteiger partial charge in [-0.3, -0.25) is 28.8 Å². The molecule has 3 aliphatic heterocycles. The Kier molecular flexibility index (Phi) is 23.3. The molecule has 0 spiro atoms. The summed E-state index contributed by atoms with van der Waals surface area (Å²) >= 11 is 1.63. The van der Waals surface area contributed by atoms with Gasteiger partial charge in [0, 0.05) is 70.2 Å². The topological polar surface area (TPSA) is 202 Å². The summed E-state index contributed by atoms with van der Waals surface area (Å²) in [5.74, 6) is -4.61. The Morgan fingerprint density at radius 1 is 0.383 bits per heavy atom. The third kappa shape index (κ3) is 17.4. The van der Waals surface area contributed by atoms with Crippen molar-refractivity contribution >= 4 is 108 Å². The Balaban J connectivity index is 0.000000132. The van der Waals surface area contributed by atoms with Crippen molar-refractivity contribution < 1.29 is 68.3 Å². The van der Waals surface area contributed by atoms with E-state index in [9.17, 15) is 68.3 Å². The molecule has 590 valence electrons. The predicted octanol–water partition coefficient (Wildman–Crippen LogP) is 17.1. The quantitative estimate of drug-likeness (QED) is 0.0377. The molecule has 115 heavy (non-hydrogen) atoms. The molecule has 6 amide bonds. The number of hydrogen-bond donors (Lipinski definition) is 3. The normalized spacial score (nSPS) is 20.5. The van der Waals surface area contributed by atoms with Gasteiger partial charge in [0.2, 0.25) is 54.7 Å². The lowest BCUT2D eigenvalue weighted by atomic mass is 9.91. The molecule has 12 aromatic rings. The molecule has 3 saturated heterocycles. The number of carbonyl (C=O) groups excluding carboxylic acids is 6. The van der Waals surface area contributed by atoms with E-state index in [1.165, 1.54) is 46.2 Å². The predicted molar refractivity (Wildman–Crippen MR) is 425 cm³/mol. The van der Waals surface area contributed by atoms with Gasteiger partial charge in [0.1, 0.15) is 17.5 Å². The highest BCUT2D eigenvalue weighted by Gasteiger charge is 2.54. The van der Waals surface area contributed by atoms with Crippen LogP contribution in [0.1, 0.15) is 92.6 Å². The van der Waals surface area contributed by atoms with Crippen LogP contribution in [-0.4, -0.2) is 107 Å². The number of alkyl halides is 7. The van der Waals surface area contributed by atoms with Crippen LogP contribution in [0, 0.1) is 47.0 Å². The molecule has 3 N–H and O–H groups in total. The van der Waals surface area contributed by atoms with E-state index in [1.54, 1.807) is 133 Å². The maximum absolute atomic E-state index is 13.8. The number of amides is 6. The van der Waals surface area contributed by atoms with Gasteiger partial charge in [-0.05, 0) is 183 Å². The first kappa shape index (κ1) is 78.6. The lowest BCUT2D eigenvalue weighted by Gasteiger charge is -2.29. The highest BCUT2D eigenvalue weighted by atomic mass is 127. The number of benzene rings is 9. The second kappa shape index (κ2) is 34.2. The Morgan fingerprint density at radius 2 is 0.678 bits per heavy atom. The van der Waals surface area contributed by atoms with Crippen LogP contribution in [0.3, 0.4) is 0 Å². The summed E-state index contributed by atoms with van der Waals surface area (Å²) in [6.45, 7) is 0. The zero-order chi connectivity index (χ0) is 80.3. The van der Waals surface area contributed by atoms with Crippen molar-refractivity contribution in [3.05, 3.63) is 271 Å². The molecule has 18 rings (SSSR count). The molecule has 3 aliphatic carbocycles. The first-order chi connectivity index (χ1) is 55.7. The third-order valence-corrected chi connectivity index (χ3v) is 22.1. The minimum Gasteiger partial charge on any atom is -0.350 e. The molecule has 6 aliphatic rings. The van der Waals surface area contributed by atoms with Gasteiger partial charge in [-0.15, -0.1) is 0 Å². The van der Waals surface area contributed by atoms with Crippen molar-refractivity contribution in [1.82, 2.24) is 45.3 Å². The van der Waals surface area contributed by atoms with E-state index in [2.05, 4.69) is 31.2 Å². The van der Waals surface area contributed by atoms with Gasteiger partial charge >= 0.3 is 0 Å². The van der Waals surface area contributed by atoms with E-state index >= 15 is 0 Å². The Labute approximate surface area is 667 Å². The van der Waals surface area contributed by atoms with Gasteiger partial charge in [-0.1, -0.05) is 114 Å². The number of nitrogens with zero attached hydrogens (tertiary/aromatic N) is 9. The summed E-state index contributed by atoms with van der Waals surface area (Å²) in [6, 6.07) is 59.2. The molecule has 6 fully saturated rings. The summed E-state index contributed by atoms with van der Waals surface area (Å²) in [5.41, 5.74) is 8.74. The van der Waals surface area contributed by atoms with Gasteiger partial charge in [0.05, 0.1) is 105 Å². The smallest absolute Gasteiger partial charge is 0.247 e. The van der Waals surface area contributed by atoms with Crippen LogP contribution in [-0.2, 0) is 28.8 Å². The van der Waals surface area contributed by atoms with Crippen LogP contribution >= 0.6 is 22.6 Å². The van der Waals surface area contributed by atoms with Gasteiger partial charge in [0.25, 0.3) is 0 Å². The van der Waals surface area contributed by atoms with Crippen molar-refractivity contribution in [2.24, 2.45) is 29.6 Å². The lowest BCUT2D eigenvalue weighted by molar-refractivity contribution is -0.126. The van der Waals surface area contributed by atoms with E-state index in [0.717, 1.165) is 99.3 Å². The number of fused-ring (bicyclic) bond motifs is 3. The molecular formula is C87H76F9IN12O6. The maximum atomic E-state index is 13.8. The molecule has 3 saturated carbocycles. The lowest BCUT2D eigenvalue weighted by Crippen LogP contribution is -2.43. The molecule has 6 heterocycles. The second-order valence-corrected chi connectivity index (χ2v) is 30.2. The van der Waals surface area contributed by atoms with Crippen LogP contribution < -0.4 is 30.7 Å². The first-order valence-corrected chi connectivity index (χ1v) is 39.3. The van der Waals surface area contributed by atoms with Gasteiger partial charge in [0.15, 0.2) is 0 Å². The number of nitrogens with one attached hydrogen (secondary N) is 3. The summed E-state index contributed by atoms with van der Waals surface area (Å²) in [6.07, 6.45) is 1.37. The number of hydrogen-bond acceptors (Lipinski definition) is 9. The molecule has 28 heteroatoms. The Morgan fingerprint density at radius 3 is 0.983 bits per heavy atom. The molecule has 8 atom stereocenters. The first-order valence-electron chi connectivity index (χ1n) is 37.8. The van der Waals surface area contributed by atoms with Crippen LogP contribution in [0.25, 0.3) is 49.8 Å². The van der Waals surface area contributed by atoms with Crippen molar-refractivity contribution in [3.63, 3.8) is 0 Å². The van der Waals surface area contributed by atoms with Gasteiger partial charge in [-0.2, -0.15) is 15.3 Å². The van der Waals surface area contributed by atoms with Crippen LogP contribution in [0.4, 0.5) is 56.6 Å². The van der Waals surface area contributed by atoms with Crippen molar-refractivity contribution in [2.75, 3.05) is 19.1 Å². The van der Waals surface area contributed by atoms with E-state index < -0.39 is 79.9 Å². The van der Waals surface area contributed by atoms with Crippen molar-refractivity contribution in [2.45, 2.75) is 113 Å². The molecule has 3 aromatic heterocycles. The largest absolute Gasteiger partial charge is 0.350 e. The second-order valence-electron chi connectivity index (χ2n) is 29.3. The Bertz CT molecular complexity index is 5280. The average Bonchev–Trinajstić information content (AvgIpc) is 1.60. The van der Waals surface area contributed by atoms with Crippen LogP contribution in [0.5, 0.6) is 0 Å². The standard InChI is InChI=1S/2C29H25F3N4O2.C27H23FN4O2.C2H3F2I/c2*30-20-8-10-21(11-9-20)36-24-13-12-22(14-19(24)16-33-36)35-27(17-4-2-1-3-5-17)26(34-28(37)18-6-7-18)23(29(35)38)15-25(31)32;28-20-8-10-21(11-9-20)32-24-13-12-22(14-19(24)16-29-32)31-25(33)15-23(30-27(34)18-6-7-18)26(31)17-4-2-1-3-5-17;3-2(4)1-5/h2*1-5,8-14,16,18,23,25-27H,6-7,15H2,(H,34,37);1-5,8-14,16,18,23,26H,6-7,15H2,(H,30,34);2H,1H2/t23-,26+,27-;23-,26-,27+;23-,26+;/m100./s1. The van der Waals surface area contributed by atoms with E-state index in [4.69, 9.17) is 0 Å². The van der Waals surface area contributed by atoms with Crippen molar-refractivity contribution in [1.29, 1.82) is 0 Å². The minimum absolute atomic E-state index is 0.0276. The fourth-order valence-corrected chi connectivity index (χ4v) is 15.5. The molecular weight excluding hydrogens is 1610 g/mol. The number of carbonyl (C=O) groups is 6. The van der Waals surface area contributed by atoms with Gasteiger partial charge < -0.3 is 30.7 Å². The number of rotatable bonds is 20. The highest BCUT2D eigenvalue weighted by Crippen LogP contribution is 2.47. The maximum Gasteiger partial charge on any atom is 0.247 e. The van der Waals surface area contributed by atoms with Crippen LogP contribution in [0.15, 0.2) is 237 Å². The third-order valence-electron chi connectivity index (χ3n) is 21.4. The number of halogens is 10. The van der Waals surface area contributed by atoms with E-state index in [0.29, 0.717) is 22.7 Å². The summed E-state index contributed by atoms with van der Waals surface area (Å²) in [4.78, 5) is 83.8. The molecule has 9 aromatic carbocycles. The van der Waals surface area contributed by atoms with Gasteiger partial charge in [-0.25, -0.2) is 53.6 Å². The Hall–Kier alpha value is -11.7. The molecule has 0 unspecified atom stereocenters. The van der Waals surface area contributed by atoms with E-state index in [-0.39, 0.29) is 81.8 Å². The number of anilines is 3. The van der Waals surface area contributed by atoms with Crippen LogP contribution in [0.2, 0.25) is 0 Å². The summed E-state index contributed by atoms with van der Waals surface area (Å²) in [7, 11) is 0. The molecule has 0 radical (unpaired) electrons. The van der Waals surface area contributed by atoms with Crippen molar-refractivity contribution in [3.8, 4) is 17.1 Å². The SMILES string of the molecule is FC(F)CI.O=C(N[C@@H]1[C@@H](c2ccccc2)N(c2ccc3c(cnn3-c3ccc(F)cc3)c2)C(=O)[C@@H]1CC(F)F)C1CC1.O=C(N[C@H]1CC(=O)N(c2ccc3c(cnn3-c3ccc(F)cc3)c2)[C@@H]1c1ccccc1)C1CC1.O=C(N[C@H]1[C@H](CC(F)F)C(=O)N(c2ccc3c(cnn3-c3ccc(F)cc3)c2)[C@@H]1c1ccccc1)C1CC1. The summed E-state index contributed by atoms with van der Waals surface area (Å²) < 4.78 is 121.